The minimum absolute atomic E-state index is 0.319. The minimum Gasteiger partial charge on any atom is -0.366 e. The van der Waals surface area contributed by atoms with E-state index in [1.165, 1.54) is 12.1 Å². The Labute approximate surface area is 149 Å². The molecule has 0 aliphatic heterocycles. The average Bonchev–Trinajstić information content (AvgIpc) is 2.61. The molecule has 4 N–H and O–H groups in total. The van der Waals surface area contributed by atoms with Crippen LogP contribution in [-0.2, 0) is 19.3 Å². The van der Waals surface area contributed by atoms with Gasteiger partial charge in [-0.2, -0.15) is 13.2 Å². The number of hydrogen-bond donors (Lipinski definition) is 3. The molecule has 0 saturated carbocycles. The lowest BCUT2D eigenvalue weighted by molar-refractivity contribution is -0.137. The van der Waals surface area contributed by atoms with E-state index in [0.29, 0.717) is 30.2 Å². The van der Waals surface area contributed by atoms with Gasteiger partial charge in [0, 0.05) is 25.7 Å². The van der Waals surface area contributed by atoms with Crippen LogP contribution < -0.4 is 16.4 Å². The number of carbonyl (C=O) groups is 1. The van der Waals surface area contributed by atoms with E-state index in [1.54, 1.807) is 25.2 Å². The smallest absolute Gasteiger partial charge is 0.366 e. The lowest BCUT2D eigenvalue weighted by atomic mass is 10.1. The van der Waals surface area contributed by atoms with Crippen molar-refractivity contribution in [1.29, 1.82) is 0 Å². The lowest BCUT2D eigenvalue weighted by Crippen LogP contribution is -2.36. The van der Waals surface area contributed by atoms with E-state index >= 15 is 0 Å². The number of alkyl halides is 3. The topological polar surface area (TPSA) is 79.5 Å². The molecular weight excluding hydrogens is 345 g/mol. The number of guanidine groups is 1. The predicted octanol–water partition coefficient (Wildman–Crippen LogP) is 2.67. The van der Waals surface area contributed by atoms with Crippen molar-refractivity contribution < 1.29 is 18.0 Å². The lowest BCUT2D eigenvalue weighted by Gasteiger charge is -2.13. The first-order valence-corrected chi connectivity index (χ1v) is 7.79. The summed E-state index contributed by atoms with van der Waals surface area (Å²) in [6, 6.07) is 11.8. The van der Waals surface area contributed by atoms with Crippen molar-refractivity contribution in [2.45, 2.75) is 19.3 Å². The first-order valence-electron chi connectivity index (χ1n) is 7.79. The Kier molecular flexibility index (Phi) is 6.21. The van der Waals surface area contributed by atoms with Crippen LogP contribution in [0.2, 0.25) is 0 Å². The third-order valence-corrected chi connectivity index (χ3v) is 3.64. The van der Waals surface area contributed by atoms with Crippen LogP contribution in [0.15, 0.2) is 53.5 Å². The summed E-state index contributed by atoms with van der Waals surface area (Å²) in [7, 11) is 1.59. The van der Waals surface area contributed by atoms with Crippen LogP contribution in [0, 0.1) is 0 Å². The van der Waals surface area contributed by atoms with Gasteiger partial charge in [0.2, 0.25) is 5.91 Å². The van der Waals surface area contributed by atoms with Gasteiger partial charge < -0.3 is 16.4 Å². The van der Waals surface area contributed by atoms with Crippen molar-refractivity contribution in [3.05, 3.63) is 70.8 Å². The number of hydrogen-bond acceptors (Lipinski definition) is 2. The Hall–Kier alpha value is -3.03. The summed E-state index contributed by atoms with van der Waals surface area (Å²) in [5.41, 5.74) is 6.52. The Morgan fingerprint density at radius 3 is 2.19 bits per heavy atom. The summed E-state index contributed by atoms with van der Waals surface area (Å²) < 4.78 is 37.7. The van der Waals surface area contributed by atoms with Gasteiger partial charge in [0.1, 0.15) is 0 Å². The molecule has 138 valence electrons. The van der Waals surface area contributed by atoms with E-state index in [4.69, 9.17) is 5.73 Å². The first-order chi connectivity index (χ1) is 12.3. The summed E-state index contributed by atoms with van der Waals surface area (Å²) >= 11 is 0. The number of aliphatic imine (C=N–C) groups is 1. The second kappa shape index (κ2) is 8.37. The maximum absolute atomic E-state index is 12.6. The largest absolute Gasteiger partial charge is 0.416 e. The van der Waals surface area contributed by atoms with Gasteiger partial charge in [-0.25, -0.2) is 0 Å². The molecule has 0 aliphatic rings. The molecule has 0 saturated heterocycles. The Balaban J connectivity index is 1.90. The van der Waals surface area contributed by atoms with Gasteiger partial charge in [0.15, 0.2) is 5.96 Å². The summed E-state index contributed by atoms with van der Waals surface area (Å²) in [6.45, 7) is 0.729. The zero-order valence-electron chi connectivity index (χ0n) is 14.1. The normalized spacial score (nSPS) is 11.9. The molecule has 2 aromatic carbocycles. The molecule has 0 aromatic heterocycles. The molecule has 0 fully saturated rings. The van der Waals surface area contributed by atoms with Gasteiger partial charge >= 0.3 is 6.18 Å². The van der Waals surface area contributed by atoms with Gasteiger partial charge in [-0.15, -0.1) is 0 Å². The Morgan fingerprint density at radius 1 is 1.04 bits per heavy atom. The predicted molar refractivity (Wildman–Crippen MR) is 93.4 cm³/mol. The number of nitrogens with zero attached hydrogens (tertiary/aromatic N) is 1. The quantitative estimate of drug-likeness (QED) is 0.564. The van der Waals surface area contributed by atoms with Crippen molar-refractivity contribution >= 4 is 11.9 Å². The van der Waals surface area contributed by atoms with Crippen molar-refractivity contribution in [3.8, 4) is 0 Å². The number of benzene rings is 2. The maximum Gasteiger partial charge on any atom is 0.416 e. The molecule has 8 heteroatoms. The molecule has 0 radical (unpaired) electrons. The van der Waals surface area contributed by atoms with Crippen LogP contribution in [-0.4, -0.2) is 18.9 Å². The third-order valence-electron chi connectivity index (χ3n) is 3.64. The van der Waals surface area contributed by atoms with Crippen molar-refractivity contribution in [3.63, 3.8) is 0 Å². The first kappa shape index (κ1) is 19.3. The number of amides is 1. The van der Waals surface area contributed by atoms with Crippen molar-refractivity contribution in [2.75, 3.05) is 7.05 Å². The monoisotopic (exact) mass is 364 g/mol. The van der Waals surface area contributed by atoms with Crippen molar-refractivity contribution in [2.24, 2.45) is 10.7 Å². The highest BCUT2D eigenvalue weighted by atomic mass is 19.4. The van der Waals surface area contributed by atoms with Crippen LogP contribution >= 0.6 is 0 Å². The summed E-state index contributed by atoms with van der Waals surface area (Å²) in [5.74, 6) is -0.0222. The molecule has 0 heterocycles. The summed E-state index contributed by atoms with van der Waals surface area (Å²) in [4.78, 5) is 15.2. The Morgan fingerprint density at radius 2 is 1.65 bits per heavy atom. The molecule has 0 bridgehead atoms. The third kappa shape index (κ3) is 5.51. The molecule has 1 amide bonds. The van der Waals surface area contributed by atoms with E-state index in [-0.39, 0.29) is 0 Å². The number of nitrogens with two attached hydrogens (primary N) is 1. The van der Waals surface area contributed by atoms with E-state index in [2.05, 4.69) is 15.6 Å². The molecule has 2 aromatic rings. The second-order valence-corrected chi connectivity index (χ2v) is 5.54. The summed E-state index contributed by atoms with van der Waals surface area (Å²) in [5, 5.41) is 6.08. The van der Waals surface area contributed by atoms with Crippen molar-refractivity contribution in [1.82, 2.24) is 10.6 Å². The molecule has 2 rings (SSSR count). The number of primary amides is 1. The van der Waals surface area contributed by atoms with Gasteiger partial charge in [-0.3, -0.25) is 9.79 Å². The van der Waals surface area contributed by atoms with Crippen LogP contribution in [0.5, 0.6) is 0 Å². The van der Waals surface area contributed by atoms with Crippen LogP contribution in [0.25, 0.3) is 0 Å². The molecule has 0 aliphatic carbocycles. The van der Waals surface area contributed by atoms with E-state index in [9.17, 15) is 18.0 Å². The number of rotatable bonds is 5. The van der Waals surface area contributed by atoms with Gasteiger partial charge in [-0.05, 0) is 35.4 Å². The molecule has 0 unspecified atom stereocenters. The maximum atomic E-state index is 12.6. The highest BCUT2D eigenvalue weighted by Gasteiger charge is 2.29. The van der Waals surface area contributed by atoms with E-state index < -0.39 is 17.6 Å². The van der Waals surface area contributed by atoms with Crippen LogP contribution in [0.3, 0.4) is 0 Å². The zero-order chi connectivity index (χ0) is 19.2. The molecule has 5 nitrogen and oxygen atoms in total. The number of nitrogens with one attached hydrogen (secondary N) is 2. The highest BCUT2D eigenvalue weighted by Crippen LogP contribution is 2.29. The zero-order valence-corrected chi connectivity index (χ0v) is 14.1. The summed E-state index contributed by atoms with van der Waals surface area (Å²) in [6.07, 6.45) is -4.34. The van der Waals surface area contributed by atoms with Crippen LogP contribution in [0.1, 0.15) is 27.0 Å². The van der Waals surface area contributed by atoms with E-state index in [1.807, 2.05) is 6.07 Å². The van der Waals surface area contributed by atoms with Gasteiger partial charge in [0.25, 0.3) is 0 Å². The van der Waals surface area contributed by atoms with Gasteiger partial charge in [-0.1, -0.05) is 24.3 Å². The minimum atomic E-state index is -4.34. The number of halogens is 3. The fraction of sp³-hybridized carbons (Fsp3) is 0.222. The fourth-order valence-corrected chi connectivity index (χ4v) is 2.24. The van der Waals surface area contributed by atoms with E-state index in [0.717, 1.165) is 17.7 Å². The molecule has 0 spiro atoms. The molecule has 26 heavy (non-hydrogen) atoms. The van der Waals surface area contributed by atoms with Crippen LogP contribution in [0.4, 0.5) is 13.2 Å². The second-order valence-electron chi connectivity index (χ2n) is 5.54. The highest BCUT2D eigenvalue weighted by molar-refractivity contribution is 5.92. The number of carbonyl (C=O) groups excluding carboxylic acids is 1. The molecular formula is C18H19F3N4O. The Bertz CT molecular complexity index is 786. The average molecular weight is 364 g/mol. The fourth-order valence-electron chi connectivity index (χ4n) is 2.24. The SMILES string of the molecule is CN=C(NCc1ccc(C(F)(F)F)cc1)NCc1cccc(C(N)=O)c1. The molecule has 0 atom stereocenters. The standard InChI is InChI=1S/C18H19F3N4O/c1-23-17(25-11-13-3-2-4-14(9-13)16(22)26)24-10-12-5-7-15(8-6-12)18(19,20)21/h2-9H,10-11H2,1H3,(H2,22,26)(H2,23,24,25). The van der Waals surface area contributed by atoms with Gasteiger partial charge in [0.05, 0.1) is 5.56 Å².